The molecule has 0 aliphatic heterocycles. The average molecular weight is 231 g/mol. The van der Waals surface area contributed by atoms with Gasteiger partial charge in [0.1, 0.15) is 0 Å². The van der Waals surface area contributed by atoms with E-state index in [-0.39, 0.29) is 5.78 Å². The van der Waals surface area contributed by atoms with Crippen LogP contribution < -0.4 is 0 Å². The van der Waals surface area contributed by atoms with Gasteiger partial charge < -0.3 is 0 Å². The third-order valence-electron chi connectivity index (χ3n) is 2.60. The zero-order valence-electron chi connectivity index (χ0n) is 9.36. The van der Waals surface area contributed by atoms with Crippen LogP contribution in [0.4, 0.5) is 0 Å². The van der Waals surface area contributed by atoms with Gasteiger partial charge in [0.05, 0.1) is 11.2 Å². The van der Waals surface area contributed by atoms with E-state index >= 15 is 0 Å². The second-order valence-electron chi connectivity index (χ2n) is 3.66. The lowest BCUT2D eigenvalue weighted by Gasteiger charge is -2.06. The number of aromatic nitrogens is 1. The van der Waals surface area contributed by atoms with Crippen LogP contribution >= 0.6 is 11.3 Å². The van der Waals surface area contributed by atoms with Gasteiger partial charge in [-0.2, -0.15) is 0 Å². The van der Waals surface area contributed by atoms with Crippen molar-refractivity contribution in [2.75, 3.05) is 0 Å². The molecule has 0 aliphatic carbocycles. The molecule has 0 unspecified atom stereocenters. The zero-order valence-corrected chi connectivity index (χ0v) is 10.2. The lowest BCUT2D eigenvalue weighted by atomic mass is 9.99. The molecule has 0 saturated carbocycles. The van der Waals surface area contributed by atoms with Crippen LogP contribution in [0.2, 0.25) is 0 Å². The molecule has 0 saturated heterocycles. The van der Waals surface area contributed by atoms with Crippen molar-refractivity contribution in [2.45, 2.75) is 20.3 Å². The number of aryl methyl sites for hydroxylation is 1. The molecule has 0 bridgehead atoms. The maximum atomic E-state index is 11.3. The first-order valence-electron chi connectivity index (χ1n) is 5.24. The van der Waals surface area contributed by atoms with Crippen LogP contribution in [-0.4, -0.2) is 10.8 Å². The Labute approximate surface area is 99.0 Å². The topological polar surface area (TPSA) is 30.0 Å². The minimum absolute atomic E-state index is 0.111. The smallest absolute Gasteiger partial charge is 0.159 e. The summed E-state index contributed by atoms with van der Waals surface area (Å²) in [6.07, 6.45) is 0.911. The molecule has 1 heterocycles. The highest BCUT2D eigenvalue weighted by Gasteiger charge is 2.08. The highest BCUT2D eigenvalue weighted by Crippen LogP contribution is 2.25. The number of thiazole rings is 1. The number of Topliss-reactive ketones (excluding diaryl/α,β-unsaturated/α-hetero) is 1. The monoisotopic (exact) mass is 231 g/mol. The molecule has 3 heteroatoms. The first-order chi connectivity index (χ1) is 7.72. The van der Waals surface area contributed by atoms with Gasteiger partial charge in [0.25, 0.3) is 0 Å². The number of hydrogen-bond acceptors (Lipinski definition) is 3. The third-order valence-corrected chi connectivity index (χ3v) is 3.19. The van der Waals surface area contributed by atoms with Gasteiger partial charge in [-0.15, -0.1) is 11.3 Å². The molecule has 16 heavy (non-hydrogen) atoms. The SMILES string of the molecule is CCc1cc(C(C)=O)ccc1-c1cscn1. The third kappa shape index (κ3) is 2.04. The van der Waals surface area contributed by atoms with Crippen molar-refractivity contribution < 1.29 is 4.79 Å². The Balaban J connectivity index is 2.51. The van der Waals surface area contributed by atoms with E-state index in [1.807, 2.05) is 29.1 Å². The highest BCUT2D eigenvalue weighted by atomic mass is 32.1. The van der Waals surface area contributed by atoms with Crippen molar-refractivity contribution in [1.82, 2.24) is 4.98 Å². The molecule has 0 fully saturated rings. The fourth-order valence-electron chi connectivity index (χ4n) is 1.70. The summed E-state index contributed by atoms with van der Waals surface area (Å²) in [5, 5.41) is 2.03. The van der Waals surface area contributed by atoms with Gasteiger partial charge in [-0.1, -0.05) is 19.1 Å². The lowest BCUT2D eigenvalue weighted by Crippen LogP contribution is -1.96. The Kier molecular flexibility index (Phi) is 3.15. The number of ketones is 1. The van der Waals surface area contributed by atoms with Crippen LogP contribution in [0, 0.1) is 0 Å². The summed E-state index contributed by atoms with van der Waals surface area (Å²) in [5.74, 6) is 0.111. The molecule has 0 radical (unpaired) electrons. The normalized spacial score (nSPS) is 10.4. The van der Waals surface area contributed by atoms with Crippen molar-refractivity contribution in [3.05, 3.63) is 40.2 Å². The number of hydrogen-bond donors (Lipinski definition) is 0. The van der Waals surface area contributed by atoms with Crippen LogP contribution in [-0.2, 0) is 6.42 Å². The highest BCUT2D eigenvalue weighted by molar-refractivity contribution is 7.07. The van der Waals surface area contributed by atoms with E-state index in [4.69, 9.17) is 0 Å². The van der Waals surface area contributed by atoms with Crippen molar-refractivity contribution in [1.29, 1.82) is 0 Å². The van der Waals surface area contributed by atoms with Gasteiger partial charge in [0.15, 0.2) is 5.78 Å². The van der Waals surface area contributed by atoms with Crippen LogP contribution in [0.25, 0.3) is 11.3 Å². The largest absolute Gasteiger partial charge is 0.295 e. The van der Waals surface area contributed by atoms with E-state index in [1.54, 1.807) is 18.3 Å². The molecule has 2 aromatic rings. The predicted molar refractivity (Wildman–Crippen MR) is 66.9 cm³/mol. The number of carbonyl (C=O) groups excluding carboxylic acids is 1. The second kappa shape index (κ2) is 4.58. The predicted octanol–water partition coefficient (Wildman–Crippen LogP) is 3.58. The molecule has 0 N–H and O–H groups in total. The molecule has 82 valence electrons. The maximum absolute atomic E-state index is 11.3. The van der Waals surface area contributed by atoms with Gasteiger partial charge in [-0.25, -0.2) is 4.98 Å². The van der Waals surface area contributed by atoms with Gasteiger partial charge in [0, 0.05) is 16.5 Å². The zero-order chi connectivity index (χ0) is 11.5. The van der Waals surface area contributed by atoms with Gasteiger partial charge in [-0.05, 0) is 25.0 Å². The summed E-state index contributed by atoms with van der Waals surface area (Å²) in [6, 6.07) is 5.83. The maximum Gasteiger partial charge on any atom is 0.159 e. The second-order valence-corrected chi connectivity index (χ2v) is 4.37. The molecule has 2 nitrogen and oxygen atoms in total. The van der Waals surface area contributed by atoms with Crippen molar-refractivity contribution in [3.63, 3.8) is 0 Å². The number of carbonyl (C=O) groups is 1. The van der Waals surface area contributed by atoms with E-state index in [9.17, 15) is 4.79 Å². The molecule has 1 aromatic carbocycles. The molecule has 2 rings (SSSR count). The lowest BCUT2D eigenvalue weighted by molar-refractivity contribution is 0.101. The Hall–Kier alpha value is -1.48. The van der Waals surface area contributed by atoms with Crippen LogP contribution in [0.1, 0.15) is 29.8 Å². The first-order valence-corrected chi connectivity index (χ1v) is 6.19. The van der Waals surface area contributed by atoms with Crippen molar-refractivity contribution in [3.8, 4) is 11.3 Å². The molecule has 0 amide bonds. The van der Waals surface area contributed by atoms with E-state index in [0.29, 0.717) is 0 Å². The molecular formula is C13H13NOS. The van der Waals surface area contributed by atoms with Gasteiger partial charge in [-0.3, -0.25) is 4.79 Å². The fourth-order valence-corrected chi connectivity index (χ4v) is 2.25. The summed E-state index contributed by atoms with van der Waals surface area (Å²) in [5.41, 5.74) is 5.91. The standard InChI is InChI=1S/C13H13NOS/c1-3-10-6-11(9(2)15)4-5-12(10)13-7-16-8-14-13/h4-8H,3H2,1-2H3. The Morgan fingerprint density at radius 2 is 2.25 bits per heavy atom. The average Bonchev–Trinajstić information content (AvgIpc) is 2.81. The number of nitrogens with zero attached hydrogens (tertiary/aromatic N) is 1. The fraction of sp³-hybridized carbons (Fsp3) is 0.231. The van der Waals surface area contributed by atoms with Crippen LogP contribution in [0.15, 0.2) is 29.1 Å². The Morgan fingerprint density at radius 3 is 2.81 bits per heavy atom. The first kappa shape index (κ1) is 11.0. The van der Waals surface area contributed by atoms with E-state index in [1.165, 1.54) is 5.56 Å². The Morgan fingerprint density at radius 1 is 1.44 bits per heavy atom. The minimum atomic E-state index is 0.111. The summed E-state index contributed by atoms with van der Waals surface area (Å²) in [4.78, 5) is 15.6. The molecule has 0 spiro atoms. The van der Waals surface area contributed by atoms with Crippen LogP contribution in [0.5, 0.6) is 0 Å². The van der Waals surface area contributed by atoms with E-state index in [0.717, 1.165) is 23.2 Å². The number of benzene rings is 1. The quantitative estimate of drug-likeness (QED) is 0.756. The van der Waals surface area contributed by atoms with E-state index < -0.39 is 0 Å². The Bertz CT molecular complexity index is 503. The van der Waals surface area contributed by atoms with E-state index in [2.05, 4.69) is 11.9 Å². The molecular weight excluding hydrogens is 218 g/mol. The summed E-state index contributed by atoms with van der Waals surface area (Å²) >= 11 is 1.59. The molecule has 1 aromatic heterocycles. The van der Waals surface area contributed by atoms with Gasteiger partial charge in [0.2, 0.25) is 0 Å². The van der Waals surface area contributed by atoms with Crippen molar-refractivity contribution >= 4 is 17.1 Å². The van der Waals surface area contributed by atoms with Crippen LogP contribution in [0.3, 0.4) is 0 Å². The summed E-state index contributed by atoms with van der Waals surface area (Å²) in [6.45, 7) is 3.69. The summed E-state index contributed by atoms with van der Waals surface area (Å²) < 4.78 is 0. The minimum Gasteiger partial charge on any atom is -0.295 e. The number of rotatable bonds is 3. The molecule has 0 atom stereocenters. The summed E-state index contributed by atoms with van der Waals surface area (Å²) in [7, 11) is 0. The van der Waals surface area contributed by atoms with Crippen molar-refractivity contribution in [2.24, 2.45) is 0 Å². The molecule has 0 aliphatic rings. The van der Waals surface area contributed by atoms with Gasteiger partial charge >= 0.3 is 0 Å².